The van der Waals surface area contributed by atoms with E-state index in [0.29, 0.717) is 23.0 Å². The molecule has 1 N–H and O–H groups in total. The monoisotopic (exact) mass is 404 g/mol. The van der Waals surface area contributed by atoms with Crippen molar-refractivity contribution in [2.45, 2.75) is 39.0 Å². The molecule has 0 atom stereocenters. The molecule has 2 aromatic carbocycles. The number of amides is 1. The normalized spacial score (nSPS) is 14.5. The molecule has 1 saturated carbocycles. The van der Waals surface area contributed by atoms with Crippen LogP contribution in [0.3, 0.4) is 0 Å². The van der Waals surface area contributed by atoms with Crippen LogP contribution in [0, 0.1) is 12.8 Å². The Bertz CT molecular complexity index is 1040. The summed E-state index contributed by atoms with van der Waals surface area (Å²) in [6.45, 7) is 2.74. The van der Waals surface area contributed by atoms with E-state index in [9.17, 15) is 4.79 Å². The van der Waals surface area contributed by atoms with E-state index in [2.05, 4.69) is 10.3 Å². The maximum atomic E-state index is 12.6. The minimum Gasteiger partial charge on any atom is -0.496 e. The predicted molar refractivity (Wildman–Crippen MR) is 118 cm³/mol. The van der Waals surface area contributed by atoms with E-state index in [4.69, 9.17) is 9.47 Å². The maximum Gasteiger partial charge on any atom is 0.251 e. The Morgan fingerprint density at radius 3 is 2.73 bits per heavy atom. The average Bonchev–Trinajstić information content (AvgIpc) is 2.78. The molecule has 1 aliphatic carbocycles. The second-order valence-electron chi connectivity index (χ2n) is 7.99. The van der Waals surface area contributed by atoms with Gasteiger partial charge in [-0.05, 0) is 67.6 Å². The van der Waals surface area contributed by atoms with Crippen LogP contribution in [0.5, 0.6) is 17.2 Å². The van der Waals surface area contributed by atoms with Crippen LogP contribution in [-0.4, -0.2) is 24.5 Å². The van der Waals surface area contributed by atoms with Crippen LogP contribution >= 0.6 is 0 Å². The van der Waals surface area contributed by atoms with Crippen LogP contribution < -0.4 is 14.8 Å². The zero-order chi connectivity index (χ0) is 20.9. The summed E-state index contributed by atoms with van der Waals surface area (Å²) >= 11 is 0. The van der Waals surface area contributed by atoms with Crippen LogP contribution in [0.25, 0.3) is 10.9 Å². The van der Waals surface area contributed by atoms with Gasteiger partial charge >= 0.3 is 0 Å². The fourth-order valence-corrected chi connectivity index (χ4v) is 4.12. The number of hydrogen-bond acceptors (Lipinski definition) is 4. The second-order valence-corrected chi connectivity index (χ2v) is 7.99. The van der Waals surface area contributed by atoms with Gasteiger partial charge in [-0.1, -0.05) is 25.3 Å². The number of methoxy groups -OCH3 is 1. The maximum absolute atomic E-state index is 12.6. The van der Waals surface area contributed by atoms with E-state index < -0.39 is 0 Å². The molecule has 4 rings (SSSR count). The number of carbonyl (C=O) groups is 1. The Hall–Kier alpha value is -3.08. The van der Waals surface area contributed by atoms with E-state index in [0.717, 1.165) is 28.8 Å². The van der Waals surface area contributed by atoms with Crippen LogP contribution in [0.2, 0.25) is 0 Å². The number of benzene rings is 2. The average molecular weight is 405 g/mol. The number of aromatic nitrogens is 1. The first-order chi connectivity index (χ1) is 14.6. The van der Waals surface area contributed by atoms with Gasteiger partial charge in [0.25, 0.3) is 5.91 Å². The quantitative estimate of drug-likeness (QED) is 0.576. The molecule has 1 aliphatic rings. The number of aryl methyl sites for hydroxylation is 1. The number of rotatable bonds is 6. The lowest BCUT2D eigenvalue weighted by Crippen LogP contribution is -2.30. The fourth-order valence-electron chi connectivity index (χ4n) is 4.12. The highest BCUT2D eigenvalue weighted by molar-refractivity contribution is 5.94. The molecule has 1 heterocycles. The highest BCUT2D eigenvalue weighted by Crippen LogP contribution is 2.33. The van der Waals surface area contributed by atoms with Gasteiger partial charge in [0, 0.05) is 23.7 Å². The lowest BCUT2D eigenvalue weighted by atomic mass is 9.89. The molecule has 0 spiro atoms. The summed E-state index contributed by atoms with van der Waals surface area (Å²) in [7, 11) is 1.65. The molecule has 156 valence electrons. The first-order valence-electron chi connectivity index (χ1n) is 10.6. The van der Waals surface area contributed by atoms with Gasteiger partial charge in [-0.25, -0.2) is 0 Å². The lowest BCUT2D eigenvalue weighted by molar-refractivity contribution is 0.0943. The van der Waals surface area contributed by atoms with Gasteiger partial charge in [0.15, 0.2) is 0 Å². The Kier molecular flexibility index (Phi) is 6.17. The van der Waals surface area contributed by atoms with E-state index >= 15 is 0 Å². The largest absolute Gasteiger partial charge is 0.496 e. The van der Waals surface area contributed by atoms with Gasteiger partial charge in [-0.15, -0.1) is 0 Å². The third-order valence-corrected chi connectivity index (χ3v) is 5.82. The van der Waals surface area contributed by atoms with Crippen molar-refractivity contribution in [3.05, 3.63) is 59.8 Å². The van der Waals surface area contributed by atoms with Crippen molar-refractivity contribution < 1.29 is 14.3 Å². The molecule has 1 fully saturated rings. The SMILES string of the molecule is COc1cc2c(Oc3cccc(C(=O)NCC4CCCCC4)c3)ccnc2cc1C. The molecule has 0 radical (unpaired) electrons. The molecule has 0 saturated heterocycles. The zero-order valence-corrected chi connectivity index (χ0v) is 17.6. The fraction of sp³-hybridized carbons (Fsp3) is 0.360. The highest BCUT2D eigenvalue weighted by atomic mass is 16.5. The molecule has 1 amide bonds. The van der Waals surface area contributed by atoms with E-state index in [1.54, 1.807) is 19.4 Å². The molecular weight excluding hydrogens is 376 g/mol. The van der Waals surface area contributed by atoms with E-state index in [1.165, 1.54) is 32.1 Å². The number of ether oxygens (including phenoxy) is 2. The molecule has 1 aromatic heterocycles. The number of pyridine rings is 1. The lowest BCUT2D eigenvalue weighted by Gasteiger charge is -2.21. The summed E-state index contributed by atoms with van der Waals surface area (Å²) in [5.41, 5.74) is 2.47. The van der Waals surface area contributed by atoms with Crippen molar-refractivity contribution >= 4 is 16.8 Å². The third-order valence-electron chi connectivity index (χ3n) is 5.82. The minimum atomic E-state index is -0.0529. The first kappa shape index (κ1) is 20.2. The van der Waals surface area contributed by atoms with Crippen LogP contribution in [0.15, 0.2) is 48.7 Å². The Morgan fingerprint density at radius 2 is 1.93 bits per heavy atom. The van der Waals surface area contributed by atoms with Gasteiger partial charge in [-0.2, -0.15) is 0 Å². The van der Waals surface area contributed by atoms with Crippen LogP contribution in [0.4, 0.5) is 0 Å². The summed E-state index contributed by atoms with van der Waals surface area (Å²) in [6.07, 6.45) is 8.01. The number of carbonyl (C=O) groups excluding carboxylic acids is 1. The van der Waals surface area contributed by atoms with Crippen LogP contribution in [-0.2, 0) is 0 Å². The topological polar surface area (TPSA) is 60.5 Å². The van der Waals surface area contributed by atoms with E-state index in [-0.39, 0.29) is 5.91 Å². The van der Waals surface area contributed by atoms with Crippen molar-refractivity contribution in [2.24, 2.45) is 5.92 Å². The molecule has 0 aliphatic heterocycles. The van der Waals surface area contributed by atoms with Gasteiger partial charge in [0.1, 0.15) is 17.2 Å². The van der Waals surface area contributed by atoms with Crippen molar-refractivity contribution in [1.29, 1.82) is 0 Å². The Morgan fingerprint density at radius 1 is 1.10 bits per heavy atom. The number of nitrogens with zero attached hydrogens (tertiary/aromatic N) is 1. The number of hydrogen-bond donors (Lipinski definition) is 1. The Balaban J connectivity index is 1.51. The van der Waals surface area contributed by atoms with E-state index in [1.807, 2.05) is 43.3 Å². The van der Waals surface area contributed by atoms with Crippen LogP contribution in [0.1, 0.15) is 48.0 Å². The Labute approximate surface area is 177 Å². The minimum absolute atomic E-state index is 0.0529. The van der Waals surface area contributed by atoms with Gasteiger partial charge < -0.3 is 14.8 Å². The molecule has 5 nitrogen and oxygen atoms in total. The molecule has 30 heavy (non-hydrogen) atoms. The van der Waals surface area contributed by atoms with Crippen molar-refractivity contribution in [2.75, 3.05) is 13.7 Å². The summed E-state index contributed by atoms with van der Waals surface area (Å²) in [6, 6.07) is 13.1. The van der Waals surface area contributed by atoms with Crippen molar-refractivity contribution in [1.82, 2.24) is 10.3 Å². The van der Waals surface area contributed by atoms with Gasteiger partial charge in [0.2, 0.25) is 0 Å². The summed E-state index contributed by atoms with van der Waals surface area (Å²) in [5.74, 6) is 2.63. The molecule has 5 heteroatoms. The first-order valence-corrected chi connectivity index (χ1v) is 10.6. The standard InChI is InChI=1S/C25H28N2O3/c1-17-13-22-21(15-24(17)29-2)23(11-12-26-22)30-20-10-6-9-19(14-20)25(28)27-16-18-7-4-3-5-8-18/h6,9-15,18H,3-5,7-8,16H2,1-2H3,(H,27,28). The summed E-state index contributed by atoms with van der Waals surface area (Å²) in [5, 5.41) is 3.96. The molecule has 0 unspecified atom stereocenters. The smallest absolute Gasteiger partial charge is 0.251 e. The number of fused-ring (bicyclic) bond motifs is 1. The molecule has 0 bridgehead atoms. The summed E-state index contributed by atoms with van der Waals surface area (Å²) < 4.78 is 11.6. The van der Waals surface area contributed by atoms with Crippen molar-refractivity contribution in [3.63, 3.8) is 0 Å². The zero-order valence-electron chi connectivity index (χ0n) is 17.6. The van der Waals surface area contributed by atoms with Gasteiger partial charge in [-0.3, -0.25) is 9.78 Å². The van der Waals surface area contributed by atoms with Gasteiger partial charge in [0.05, 0.1) is 12.6 Å². The molecular formula is C25H28N2O3. The second kappa shape index (κ2) is 9.16. The predicted octanol–water partition coefficient (Wildman–Crippen LogP) is 5.65. The molecule has 3 aromatic rings. The summed E-state index contributed by atoms with van der Waals surface area (Å²) in [4.78, 5) is 17.1. The highest BCUT2D eigenvalue weighted by Gasteiger charge is 2.15. The number of nitrogens with one attached hydrogen (secondary N) is 1. The van der Waals surface area contributed by atoms with Crippen molar-refractivity contribution in [3.8, 4) is 17.2 Å². The third kappa shape index (κ3) is 4.56.